The summed E-state index contributed by atoms with van der Waals surface area (Å²) >= 11 is 0. The number of nitrogens with one attached hydrogen (secondary N) is 2. The van der Waals surface area contributed by atoms with E-state index >= 15 is 0 Å². The predicted molar refractivity (Wildman–Crippen MR) is 78.6 cm³/mol. The predicted octanol–water partition coefficient (Wildman–Crippen LogP) is 2.02. The SMILES string of the molecule is CC(NS(=O)(=O)C(C)CNC1CC1)C1CCCCC1. The molecule has 2 N–H and O–H groups in total. The maximum Gasteiger partial charge on any atom is 0.215 e. The Bertz CT molecular complexity index is 373. The van der Waals surface area contributed by atoms with Crippen LogP contribution in [0.4, 0.5) is 0 Å². The Hall–Kier alpha value is -0.130. The molecule has 2 aliphatic rings. The molecule has 2 fully saturated rings. The molecule has 19 heavy (non-hydrogen) atoms. The van der Waals surface area contributed by atoms with Crippen LogP contribution in [0.15, 0.2) is 0 Å². The van der Waals surface area contributed by atoms with E-state index in [9.17, 15) is 8.42 Å². The molecule has 0 aromatic rings. The van der Waals surface area contributed by atoms with Gasteiger partial charge in [0.15, 0.2) is 0 Å². The lowest BCUT2D eigenvalue weighted by Gasteiger charge is -2.29. The van der Waals surface area contributed by atoms with Gasteiger partial charge in [0.2, 0.25) is 10.0 Å². The second-order valence-corrected chi connectivity index (χ2v) is 8.47. The van der Waals surface area contributed by atoms with Crippen LogP contribution in [-0.2, 0) is 10.0 Å². The van der Waals surface area contributed by atoms with Crippen LogP contribution in [0, 0.1) is 5.92 Å². The van der Waals surface area contributed by atoms with Gasteiger partial charge in [0, 0.05) is 18.6 Å². The van der Waals surface area contributed by atoms with Gasteiger partial charge in [-0.25, -0.2) is 13.1 Å². The van der Waals surface area contributed by atoms with Crippen molar-refractivity contribution in [2.75, 3.05) is 6.54 Å². The summed E-state index contributed by atoms with van der Waals surface area (Å²) in [6.07, 6.45) is 8.51. The monoisotopic (exact) mass is 288 g/mol. The highest BCUT2D eigenvalue weighted by Gasteiger charge is 2.29. The lowest BCUT2D eigenvalue weighted by molar-refractivity contribution is 0.302. The first-order valence-electron chi connectivity index (χ1n) is 7.73. The van der Waals surface area contributed by atoms with Crippen molar-refractivity contribution in [2.45, 2.75) is 76.1 Å². The molecule has 0 heterocycles. The van der Waals surface area contributed by atoms with Crippen LogP contribution in [-0.4, -0.2) is 32.3 Å². The van der Waals surface area contributed by atoms with Crippen molar-refractivity contribution in [3.63, 3.8) is 0 Å². The molecule has 0 aliphatic heterocycles. The van der Waals surface area contributed by atoms with E-state index in [2.05, 4.69) is 10.0 Å². The van der Waals surface area contributed by atoms with Gasteiger partial charge in [0.25, 0.3) is 0 Å². The van der Waals surface area contributed by atoms with E-state index in [0.29, 0.717) is 18.5 Å². The Labute approximate surface area is 117 Å². The highest BCUT2D eigenvalue weighted by molar-refractivity contribution is 7.90. The van der Waals surface area contributed by atoms with Crippen molar-refractivity contribution in [2.24, 2.45) is 5.92 Å². The Morgan fingerprint density at radius 3 is 2.26 bits per heavy atom. The van der Waals surface area contributed by atoms with Crippen molar-refractivity contribution >= 4 is 10.0 Å². The van der Waals surface area contributed by atoms with Crippen LogP contribution < -0.4 is 10.0 Å². The zero-order chi connectivity index (χ0) is 13.9. The van der Waals surface area contributed by atoms with Gasteiger partial charge >= 0.3 is 0 Å². The van der Waals surface area contributed by atoms with Gasteiger partial charge in [-0.15, -0.1) is 0 Å². The minimum Gasteiger partial charge on any atom is -0.313 e. The van der Waals surface area contributed by atoms with E-state index in [1.807, 2.05) is 6.92 Å². The molecule has 0 spiro atoms. The average molecular weight is 288 g/mol. The standard InChI is InChI=1S/C14H28N2O2S/c1-11(10-15-14-8-9-14)19(17,18)16-12(2)13-6-4-3-5-7-13/h11-16H,3-10H2,1-2H3. The van der Waals surface area contributed by atoms with E-state index in [0.717, 1.165) is 0 Å². The summed E-state index contributed by atoms with van der Waals surface area (Å²) in [4.78, 5) is 0. The minimum atomic E-state index is -3.19. The molecular formula is C14H28N2O2S. The molecule has 112 valence electrons. The van der Waals surface area contributed by atoms with Gasteiger partial charge in [0.1, 0.15) is 0 Å². The van der Waals surface area contributed by atoms with Gasteiger partial charge in [-0.3, -0.25) is 0 Å². The molecule has 2 rings (SSSR count). The second kappa shape index (κ2) is 6.55. The molecule has 2 unspecified atom stereocenters. The fourth-order valence-corrected chi connectivity index (χ4v) is 4.09. The fourth-order valence-electron chi connectivity index (χ4n) is 2.84. The summed E-state index contributed by atoms with van der Waals surface area (Å²) in [5.41, 5.74) is 0. The van der Waals surface area contributed by atoms with Crippen LogP contribution in [0.2, 0.25) is 0 Å². The van der Waals surface area contributed by atoms with Gasteiger partial charge in [0.05, 0.1) is 5.25 Å². The smallest absolute Gasteiger partial charge is 0.215 e. The van der Waals surface area contributed by atoms with Crippen LogP contribution in [0.25, 0.3) is 0 Å². The molecule has 0 radical (unpaired) electrons. The molecule has 4 nitrogen and oxygen atoms in total. The normalized spacial score (nSPS) is 25.2. The maximum absolute atomic E-state index is 12.3. The lowest BCUT2D eigenvalue weighted by Crippen LogP contribution is -2.45. The van der Waals surface area contributed by atoms with E-state index in [4.69, 9.17) is 0 Å². The first-order chi connectivity index (χ1) is 8.99. The molecule has 0 aromatic heterocycles. The summed E-state index contributed by atoms with van der Waals surface area (Å²) in [7, 11) is -3.19. The van der Waals surface area contributed by atoms with Crippen molar-refractivity contribution < 1.29 is 8.42 Å². The molecule has 2 aliphatic carbocycles. The highest BCUT2D eigenvalue weighted by Crippen LogP contribution is 2.26. The first-order valence-corrected chi connectivity index (χ1v) is 9.28. The molecule has 0 bridgehead atoms. The van der Waals surface area contributed by atoms with Crippen molar-refractivity contribution in [1.29, 1.82) is 0 Å². The third-order valence-corrected chi connectivity index (χ3v) is 6.43. The van der Waals surface area contributed by atoms with Gasteiger partial charge in [-0.2, -0.15) is 0 Å². The third kappa shape index (κ3) is 4.72. The average Bonchev–Trinajstić information content (AvgIpc) is 3.20. The molecule has 0 amide bonds. The number of sulfonamides is 1. The highest BCUT2D eigenvalue weighted by atomic mass is 32.2. The first kappa shape index (κ1) is 15.3. The number of hydrogen-bond acceptors (Lipinski definition) is 3. The van der Waals surface area contributed by atoms with Crippen LogP contribution >= 0.6 is 0 Å². The Kier molecular flexibility index (Phi) is 5.26. The molecule has 5 heteroatoms. The molecule has 0 aromatic carbocycles. The second-order valence-electron chi connectivity index (χ2n) is 6.34. The quantitative estimate of drug-likeness (QED) is 0.753. The van der Waals surface area contributed by atoms with Gasteiger partial charge in [-0.05, 0) is 45.4 Å². The molecule has 2 atom stereocenters. The van der Waals surface area contributed by atoms with E-state index < -0.39 is 10.0 Å². The zero-order valence-corrected chi connectivity index (χ0v) is 13.0. The summed E-state index contributed by atoms with van der Waals surface area (Å²) in [5, 5.41) is 2.95. The van der Waals surface area contributed by atoms with Crippen molar-refractivity contribution in [1.82, 2.24) is 10.0 Å². The summed E-state index contributed by atoms with van der Waals surface area (Å²) in [6, 6.07) is 0.641. The summed E-state index contributed by atoms with van der Waals surface area (Å²) < 4.78 is 27.4. The van der Waals surface area contributed by atoms with E-state index in [-0.39, 0.29) is 11.3 Å². The number of rotatable bonds is 7. The largest absolute Gasteiger partial charge is 0.313 e. The van der Waals surface area contributed by atoms with Gasteiger partial charge in [-0.1, -0.05) is 19.3 Å². The fraction of sp³-hybridized carbons (Fsp3) is 1.00. The van der Waals surface area contributed by atoms with Crippen molar-refractivity contribution in [3.8, 4) is 0 Å². The number of hydrogen-bond donors (Lipinski definition) is 2. The van der Waals surface area contributed by atoms with Crippen LogP contribution in [0.1, 0.15) is 58.8 Å². The molecule has 0 saturated heterocycles. The van der Waals surface area contributed by atoms with Crippen LogP contribution in [0.3, 0.4) is 0 Å². The Morgan fingerprint density at radius 2 is 1.68 bits per heavy atom. The topological polar surface area (TPSA) is 58.2 Å². The van der Waals surface area contributed by atoms with E-state index in [1.165, 1.54) is 44.9 Å². The van der Waals surface area contributed by atoms with Gasteiger partial charge < -0.3 is 5.32 Å². The third-order valence-electron chi connectivity index (χ3n) is 4.51. The Morgan fingerprint density at radius 1 is 1.05 bits per heavy atom. The van der Waals surface area contributed by atoms with E-state index in [1.54, 1.807) is 6.92 Å². The maximum atomic E-state index is 12.3. The van der Waals surface area contributed by atoms with Crippen molar-refractivity contribution in [3.05, 3.63) is 0 Å². The summed E-state index contributed by atoms with van der Waals surface area (Å²) in [6.45, 7) is 4.39. The molecule has 2 saturated carbocycles. The summed E-state index contributed by atoms with van der Waals surface area (Å²) in [5.74, 6) is 0.520. The van der Waals surface area contributed by atoms with Crippen LogP contribution in [0.5, 0.6) is 0 Å². The molecular weight excluding hydrogens is 260 g/mol. The lowest BCUT2D eigenvalue weighted by atomic mass is 9.85. The minimum absolute atomic E-state index is 0.0775. The Balaban J connectivity index is 1.80. The zero-order valence-electron chi connectivity index (χ0n) is 12.2.